The number of aliphatic carboxylic acids is 1. The smallest absolute Gasteiger partial charge is 0.352 e. The number of hydrogen-bond donors (Lipinski definition) is 2. The molecule has 12 heteroatoms. The largest absolute Gasteiger partial charge is 0.477 e. The number of amides is 2. The first-order valence-electron chi connectivity index (χ1n) is 8.66. The topological polar surface area (TPSA) is 131 Å². The van der Waals surface area contributed by atoms with Crippen LogP contribution in [0.15, 0.2) is 17.5 Å². The molecule has 3 rings (SSSR count). The van der Waals surface area contributed by atoms with Crippen molar-refractivity contribution in [1.29, 1.82) is 0 Å². The van der Waals surface area contributed by atoms with E-state index in [2.05, 4.69) is 10.4 Å². The van der Waals surface area contributed by atoms with Crippen LogP contribution in [0.5, 0.6) is 0 Å². The molecule has 0 aromatic carbocycles. The number of fused-ring (bicyclic) bond motifs is 1. The Morgan fingerprint density at radius 2 is 2.17 bits per heavy atom. The Morgan fingerprint density at radius 3 is 2.72 bits per heavy atom. The standard InChI is InChI=1S/C17H19ClN4O6S/c1-7-11(18)4-21(20-7)8(2)14(24)19-12-15(25)22-13(17(26)27)10(5-28-9(3)23)6-29-16(12)22/h4,8,12,16H,5-6H2,1-3H3,(H,19,24)(H,26,27)/t8-,12+,16+/m0/s1. The molecule has 0 radical (unpaired) electrons. The van der Waals surface area contributed by atoms with Crippen molar-refractivity contribution < 1.29 is 29.0 Å². The first-order valence-corrected chi connectivity index (χ1v) is 10.1. The van der Waals surface area contributed by atoms with Crippen LogP contribution in [0.1, 0.15) is 25.6 Å². The molecule has 2 aliphatic heterocycles. The third-order valence-corrected chi connectivity index (χ3v) is 6.34. The maximum absolute atomic E-state index is 12.6. The molecular weight excluding hydrogens is 424 g/mol. The number of carboxylic acids is 1. The minimum atomic E-state index is -1.29. The number of nitrogens with one attached hydrogen (secondary N) is 1. The van der Waals surface area contributed by atoms with Crippen molar-refractivity contribution in [3.8, 4) is 0 Å². The second-order valence-electron chi connectivity index (χ2n) is 6.65. The monoisotopic (exact) mass is 442 g/mol. The van der Waals surface area contributed by atoms with Gasteiger partial charge in [-0.1, -0.05) is 11.6 Å². The molecule has 0 unspecified atom stereocenters. The van der Waals surface area contributed by atoms with Crippen molar-refractivity contribution in [1.82, 2.24) is 20.0 Å². The zero-order chi connectivity index (χ0) is 21.5. The molecule has 0 aliphatic carbocycles. The number of β-lactam (4-membered cyclic amide) rings is 1. The number of nitrogens with zero attached hydrogens (tertiary/aromatic N) is 3. The summed E-state index contributed by atoms with van der Waals surface area (Å²) in [6.45, 7) is 4.35. The van der Waals surface area contributed by atoms with E-state index in [4.69, 9.17) is 16.3 Å². The molecule has 156 valence electrons. The summed E-state index contributed by atoms with van der Waals surface area (Å²) in [5.74, 6) is -2.54. The number of carbonyl (C=O) groups is 4. The summed E-state index contributed by atoms with van der Waals surface area (Å²) in [5.41, 5.74) is 0.715. The zero-order valence-electron chi connectivity index (χ0n) is 15.8. The second kappa shape index (κ2) is 8.07. The highest BCUT2D eigenvalue weighted by atomic mass is 35.5. The third kappa shape index (κ3) is 3.97. The number of thioether (sulfide) groups is 1. The fourth-order valence-corrected chi connectivity index (χ4v) is 4.50. The number of hydrogen-bond acceptors (Lipinski definition) is 7. The summed E-state index contributed by atoms with van der Waals surface area (Å²) >= 11 is 7.27. The molecule has 1 aromatic heterocycles. The van der Waals surface area contributed by atoms with Crippen LogP contribution in [0.2, 0.25) is 5.02 Å². The molecule has 0 saturated carbocycles. The van der Waals surface area contributed by atoms with Gasteiger partial charge in [-0.3, -0.25) is 24.0 Å². The number of aromatic nitrogens is 2. The van der Waals surface area contributed by atoms with E-state index in [1.165, 1.54) is 29.6 Å². The van der Waals surface area contributed by atoms with Gasteiger partial charge in [0.1, 0.15) is 29.8 Å². The van der Waals surface area contributed by atoms with Crippen LogP contribution < -0.4 is 5.32 Å². The van der Waals surface area contributed by atoms with Gasteiger partial charge in [-0.2, -0.15) is 5.10 Å². The van der Waals surface area contributed by atoms with E-state index in [-0.39, 0.29) is 18.1 Å². The van der Waals surface area contributed by atoms with E-state index in [1.807, 2.05) is 0 Å². The van der Waals surface area contributed by atoms with Crippen LogP contribution in [-0.2, 0) is 23.9 Å². The van der Waals surface area contributed by atoms with Crippen molar-refractivity contribution in [3.63, 3.8) is 0 Å². The molecule has 2 amide bonds. The van der Waals surface area contributed by atoms with Gasteiger partial charge in [0.2, 0.25) is 5.91 Å². The molecule has 1 saturated heterocycles. The van der Waals surface area contributed by atoms with Crippen molar-refractivity contribution in [2.75, 3.05) is 12.4 Å². The Labute approximate surface area is 175 Å². The summed E-state index contributed by atoms with van der Waals surface area (Å²) in [6, 6.07) is -1.56. The number of carboxylic acid groups (broad SMARTS) is 1. The minimum absolute atomic E-state index is 0.200. The number of carbonyl (C=O) groups excluding carboxylic acids is 3. The first kappa shape index (κ1) is 21.2. The van der Waals surface area contributed by atoms with Crippen LogP contribution in [0.4, 0.5) is 0 Å². The average molecular weight is 443 g/mol. The highest BCUT2D eigenvalue weighted by Gasteiger charge is 2.54. The fourth-order valence-electron chi connectivity index (χ4n) is 3.03. The molecular formula is C17H19ClN4O6S. The van der Waals surface area contributed by atoms with Crippen LogP contribution in [-0.4, -0.2) is 67.3 Å². The van der Waals surface area contributed by atoms with E-state index in [0.29, 0.717) is 16.3 Å². The molecule has 2 aliphatic rings. The van der Waals surface area contributed by atoms with Gasteiger partial charge in [0.15, 0.2) is 0 Å². The van der Waals surface area contributed by atoms with E-state index in [9.17, 15) is 24.3 Å². The zero-order valence-corrected chi connectivity index (χ0v) is 17.4. The number of halogens is 1. The predicted molar refractivity (Wildman–Crippen MR) is 103 cm³/mol. The van der Waals surface area contributed by atoms with Crippen molar-refractivity contribution >= 4 is 47.1 Å². The van der Waals surface area contributed by atoms with Crippen molar-refractivity contribution in [2.24, 2.45) is 0 Å². The number of esters is 1. The summed E-state index contributed by atoms with van der Waals surface area (Å²) < 4.78 is 6.29. The van der Waals surface area contributed by atoms with Crippen molar-refractivity contribution in [3.05, 3.63) is 28.2 Å². The van der Waals surface area contributed by atoms with Crippen LogP contribution >= 0.6 is 23.4 Å². The van der Waals surface area contributed by atoms with Gasteiger partial charge < -0.3 is 15.2 Å². The lowest BCUT2D eigenvalue weighted by Crippen LogP contribution is -2.71. The van der Waals surface area contributed by atoms with E-state index in [1.54, 1.807) is 13.8 Å². The molecule has 29 heavy (non-hydrogen) atoms. The Hall–Kier alpha value is -2.53. The summed E-state index contributed by atoms with van der Waals surface area (Å²) in [7, 11) is 0. The first-order chi connectivity index (χ1) is 13.6. The fraction of sp³-hybridized carbons (Fsp3) is 0.471. The molecule has 1 aromatic rings. The molecule has 0 spiro atoms. The SMILES string of the molecule is CC(=O)OCC1=C(C(=O)O)N2C(=O)[C@@H](NC(=O)[C@H](C)n3cc(Cl)c(C)n3)[C@H]2SC1. The maximum Gasteiger partial charge on any atom is 0.352 e. The van der Waals surface area contributed by atoms with Crippen LogP contribution in [0.25, 0.3) is 0 Å². The summed E-state index contributed by atoms with van der Waals surface area (Å²) in [5, 5.41) is 16.2. The van der Waals surface area contributed by atoms with E-state index < -0.39 is 41.2 Å². The lowest BCUT2D eigenvalue weighted by molar-refractivity contribution is -0.151. The average Bonchev–Trinajstić information content (AvgIpc) is 3.00. The summed E-state index contributed by atoms with van der Waals surface area (Å²) in [4.78, 5) is 49.0. The highest BCUT2D eigenvalue weighted by molar-refractivity contribution is 8.00. The summed E-state index contributed by atoms with van der Waals surface area (Å²) in [6.07, 6.45) is 1.53. The van der Waals surface area contributed by atoms with E-state index in [0.717, 1.165) is 4.90 Å². The van der Waals surface area contributed by atoms with Gasteiger partial charge in [-0.25, -0.2) is 4.79 Å². The lowest BCUT2D eigenvalue weighted by atomic mass is 10.0. The van der Waals surface area contributed by atoms with Crippen LogP contribution in [0.3, 0.4) is 0 Å². The lowest BCUT2D eigenvalue weighted by Gasteiger charge is -2.49. The van der Waals surface area contributed by atoms with E-state index >= 15 is 0 Å². The third-order valence-electron chi connectivity index (χ3n) is 4.63. The molecule has 3 atom stereocenters. The number of aryl methyl sites for hydroxylation is 1. The normalized spacial score (nSPS) is 21.9. The van der Waals surface area contributed by atoms with Gasteiger partial charge in [-0.15, -0.1) is 11.8 Å². The Morgan fingerprint density at radius 1 is 1.48 bits per heavy atom. The van der Waals surface area contributed by atoms with Crippen molar-refractivity contribution in [2.45, 2.75) is 38.2 Å². The van der Waals surface area contributed by atoms with Crippen LogP contribution in [0, 0.1) is 6.92 Å². The molecule has 3 heterocycles. The predicted octanol–water partition coefficient (Wildman–Crippen LogP) is 0.708. The number of rotatable bonds is 6. The van der Waals surface area contributed by atoms with Gasteiger partial charge in [0.25, 0.3) is 5.91 Å². The molecule has 1 fully saturated rings. The Balaban J connectivity index is 1.72. The Kier molecular flexibility index (Phi) is 5.90. The quantitative estimate of drug-likeness (QED) is 0.486. The highest BCUT2D eigenvalue weighted by Crippen LogP contribution is 2.40. The van der Waals surface area contributed by atoms with Gasteiger partial charge in [-0.05, 0) is 13.8 Å². The van der Waals surface area contributed by atoms with Gasteiger partial charge in [0.05, 0.1) is 10.7 Å². The maximum atomic E-state index is 12.6. The van der Waals surface area contributed by atoms with Gasteiger partial charge in [0, 0.05) is 24.4 Å². The minimum Gasteiger partial charge on any atom is -0.477 e. The number of ether oxygens (including phenoxy) is 1. The Bertz CT molecular complexity index is 910. The molecule has 2 N–H and O–H groups in total. The second-order valence-corrected chi connectivity index (χ2v) is 8.16. The van der Waals surface area contributed by atoms with Gasteiger partial charge >= 0.3 is 11.9 Å². The molecule has 0 bridgehead atoms. The molecule has 10 nitrogen and oxygen atoms in total.